The van der Waals surface area contributed by atoms with Crippen LogP contribution in [-0.4, -0.2) is 24.2 Å². The molecule has 4 nitrogen and oxygen atoms in total. The Morgan fingerprint density at radius 3 is 2.36 bits per heavy atom. The first kappa shape index (κ1) is 20.5. The molecule has 0 spiro atoms. The van der Waals surface area contributed by atoms with Crippen LogP contribution in [0.2, 0.25) is 5.02 Å². The molecular formula is C22H22ClNO3S. The molecule has 0 fully saturated rings. The van der Waals surface area contributed by atoms with Gasteiger partial charge in [0.2, 0.25) is 0 Å². The third-order valence-corrected chi connectivity index (χ3v) is 5.54. The molecule has 2 aromatic rings. The molecule has 1 aliphatic rings. The zero-order chi connectivity index (χ0) is 20.3. The Morgan fingerprint density at radius 2 is 1.75 bits per heavy atom. The highest BCUT2D eigenvalue weighted by Gasteiger charge is 2.40. The number of imide groups is 1. The molecule has 6 heteroatoms. The van der Waals surface area contributed by atoms with E-state index in [2.05, 4.69) is 0 Å². The number of ether oxygens (including phenoxy) is 1. The molecule has 3 rings (SSSR count). The summed E-state index contributed by atoms with van der Waals surface area (Å²) in [6, 6.07) is 12.5. The number of halogens is 1. The molecule has 1 heterocycles. The molecule has 0 radical (unpaired) electrons. The topological polar surface area (TPSA) is 46.6 Å². The first-order valence-electron chi connectivity index (χ1n) is 9.23. The maximum Gasteiger partial charge on any atom is 0.272 e. The summed E-state index contributed by atoms with van der Waals surface area (Å²) in [4.78, 5) is 28.1. The summed E-state index contributed by atoms with van der Waals surface area (Å²) in [5, 5.41) is 0.569. The van der Waals surface area contributed by atoms with E-state index >= 15 is 0 Å². The summed E-state index contributed by atoms with van der Waals surface area (Å²) < 4.78 is 5.62. The summed E-state index contributed by atoms with van der Waals surface area (Å²) >= 11 is 7.43. The molecule has 0 unspecified atom stereocenters. The molecule has 2 amide bonds. The fraction of sp³-hybridized carbons (Fsp3) is 0.273. The van der Waals surface area contributed by atoms with Crippen LogP contribution < -0.4 is 9.64 Å². The summed E-state index contributed by atoms with van der Waals surface area (Å²) in [7, 11) is 0. The molecule has 146 valence electrons. The van der Waals surface area contributed by atoms with E-state index in [-0.39, 0.29) is 11.8 Å². The lowest BCUT2D eigenvalue weighted by atomic mass is 10.1. The van der Waals surface area contributed by atoms with Crippen molar-refractivity contribution in [3.05, 3.63) is 63.5 Å². The smallest absolute Gasteiger partial charge is 0.272 e. The van der Waals surface area contributed by atoms with Gasteiger partial charge in [-0.05, 0) is 60.6 Å². The SMILES string of the molecule is CCCOc1ccc(C2=C(SCC)C(=O)N(c3ccc(Cl)cc3C)C2=O)cc1. The van der Waals surface area contributed by atoms with E-state index in [1.165, 1.54) is 16.7 Å². The Balaban J connectivity index is 2.00. The highest BCUT2D eigenvalue weighted by Crippen LogP contribution is 2.39. The van der Waals surface area contributed by atoms with E-state index in [4.69, 9.17) is 16.3 Å². The van der Waals surface area contributed by atoms with Gasteiger partial charge < -0.3 is 4.74 Å². The lowest BCUT2D eigenvalue weighted by molar-refractivity contribution is -0.119. The van der Waals surface area contributed by atoms with Crippen LogP contribution in [-0.2, 0) is 9.59 Å². The quantitative estimate of drug-likeness (QED) is 0.562. The fourth-order valence-corrected chi connectivity index (χ4v) is 4.15. The fourth-order valence-electron chi connectivity index (χ4n) is 3.07. The second kappa shape index (κ2) is 8.84. The average Bonchev–Trinajstić information content (AvgIpc) is 2.91. The van der Waals surface area contributed by atoms with Crippen LogP contribution >= 0.6 is 23.4 Å². The number of hydrogen-bond acceptors (Lipinski definition) is 4. The number of anilines is 1. The number of benzene rings is 2. The van der Waals surface area contributed by atoms with Crippen molar-refractivity contribution in [1.82, 2.24) is 0 Å². The van der Waals surface area contributed by atoms with Crippen molar-refractivity contribution in [2.24, 2.45) is 0 Å². The van der Waals surface area contributed by atoms with Crippen LogP contribution in [0.1, 0.15) is 31.4 Å². The predicted octanol–water partition coefficient (Wildman–Crippen LogP) is 5.47. The molecular weight excluding hydrogens is 394 g/mol. The third-order valence-electron chi connectivity index (χ3n) is 4.35. The summed E-state index contributed by atoms with van der Waals surface area (Å²) in [6.45, 7) is 6.49. The van der Waals surface area contributed by atoms with E-state index in [1.54, 1.807) is 18.2 Å². The van der Waals surface area contributed by atoms with Crippen LogP contribution in [0.5, 0.6) is 5.75 Å². The maximum atomic E-state index is 13.3. The van der Waals surface area contributed by atoms with Crippen molar-refractivity contribution < 1.29 is 14.3 Å². The normalized spacial score (nSPS) is 14.2. The van der Waals surface area contributed by atoms with Gasteiger partial charge in [-0.25, -0.2) is 4.90 Å². The van der Waals surface area contributed by atoms with Gasteiger partial charge in [-0.15, -0.1) is 11.8 Å². The summed E-state index contributed by atoms with van der Waals surface area (Å²) in [6.07, 6.45) is 0.923. The summed E-state index contributed by atoms with van der Waals surface area (Å²) in [5.41, 5.74) is 2.49. The number of amides is 2. The van der Waals surface area contributed by atoms with Crippen LogP contribution in [0.15, 0.2) is 47.4 Å². The van der Waals surface area contributed by atoms with Crippen molar-refractivity contribution in [2.75, 3.05) is 17.3 Å². The Bertz CT molecular complexity index is 937. The Hall–Kier alpha value is -2.24. The van der Waals surface area contributed by atoms with Gasteiger partial charge in [-0.1, -0.05) is 37.6 Å². The lowest BCUT2D eigenvalue weighted by Crippen LogP contribution is -2.31. The van der Waals surface area contributed by atoms with Gasteiger partial charge in [-0.3, -0.25) is 9.59 Å². The first-order chi connectivity index (χ1) is 13.5. The van der Waals surface area contributed by atoms with Crippen molar-refractivity contribution in [3.63, 3.8) is 0 Å². The van der Waals surface area contributed by atoms with Crippen LogP contribution in [0.25, 0.3) is 5.57 Å². The van der Waals surface area contributed by atoms with Gasteiger partial charge in [0.1, 0.15) is 5.75 Å². The third kappa shape index (κ3) is 3.96. The van der Waals surface area contributed by atoms with Crippen LogP contribution in [0.3, 0.4) is 0 Å². The van der Waals surface area contributed by atoms with Gasteiger partial charge >= 0.3 is 0 Å². The van der Waals surface area contributed by atoms with Crippen LogP contribution in [0, 0.1) is 6.92 Å². The van der Waals surface area contributed by atoms with E-state index in [1.807, 2.05) is 45.0 Å². The molecule has 0 saturated heterocycles. The average molecular weight is 416 g/mol. The zero-order valence-electron chi connectivity index (χ0n) is 16.1. The lowest BCUT2D eigenvalue weighted by Gasteiger charge is -2.18. The second-order valence-corrected chi connectivity index (χ2v) is 8.10. The van der Waals surface area contributed by atoms with Crippen molar-refractivity contribution in [2.45, 2.75) is 27.2 Å². The van der Waals surface area contributed by atoms with Crippen molar-refractivity contribution >= 4 is 46.4 Å². The number of carbonyl (C=O) groups is 2. The zero-order valence-corrected chi connectivity index (χ0v) is 17.7. The highest BCUT2D eigenvalue weighted by atomic mass is 35.5. The number of thioether (sulfide) groups is 1. The van der Waals surface area contributed by atoms with Crippen LogP contribution in [0.4, 0.5) is 5.69 Å². The molecule has 0 aromatic heterocycles. The number of aryl methyl sites for hydroxylation is 1. The monoisotopic (exact) mass is 415 g/mol. The first-order valence-corrected chi connectivity index (χ1v) is 10.6. The Morgan fingerprint density at radius 1 is 1.04 bits per heavy atom. The van der Waals surface area contributed by atoms with Gasteiger partial charge in [0.15, 0.2) is 0 Å². The highest BCUT2D eigenvalue weighted by molar-refractivity contribution is 8.04. The van der Waals surface area contributed by atoms with Crippen molar-refractivity contribution in [3.8, 4) is 5.75 Å². The molecule has 0 aliphatic carbocycles. The Kier molecular flexibility index (Phi) is 6.47. The van der Waals surface area contributed by atoms with E-state index in [0.717, 1.165) is 17.7 Å². The Labute approximate surface area is 174 Å². The van der Waals surface area contributed by atoms with Gasteiger partial charge in [-0.2, -0.15) is 0 Å². The molecule has 28 heavy (non-hydrogen) atoms. The standard InChI is InChI=1S/C22H22ClNO3S/c1-4-12-27-17-9-6-15(7-10-17)19-20(28-5-2)22(26)24(21(19)25)18-11-8-16(23)13-14(18)3/h6-11,13H,4-5,12H2,1-3H3. The molecule has 0 saturated carbocycles. The molecule has 1 aliphatic heterocycles. The minimum Gasteiger partial charge on any atom is -0.494 e. The van der Waals surface area contributed by atoms with E-state index in [9.17, 15) is 9.59 Å². The molecule has 0 atom stereocenters. The molecule has 2 aromatic carbocycles. The largest absolute Gasteiger partial charge is 0.494 e. The van der Waals surface area contributed by atoms with Gasteiger partial charge in [0.05, 0.1) is 22.8 Å². The molecule has 0 bridgehead atoms. The van der Waals surface area contributed by atoms with E-state index < -0.39 is 0 Å². The summed E-state index contributed by atoms with van der Waals surface area (Å²) in [5.74, 6) is 0.846. The minimum atomic E-state index is -0.311. The number of carbonyl (C=O) groups excluding carboxylic acids is 2. The molecule has 0 N–H and O–H groups in total. The van der Waals surface area contributed by atoms with Crippen molar-refractivity contribution in [1.29, 1.82) is 0 Å². The minimum absolute atomic E-state index is 0.288. The van der Waals surface area contributed by atoms with Gasteiger partial charge in [0.25, 0.3) is 11.8 Å². The number of nitrogens with zero attached hydrogens (tertiary/aromatic N) is 1. The number of hydrogen-bond donors (Lipinski definition) is 0. The van der Waals surface area contributed by atoms with Gasteiger partial charge in [0, 0.05) is 5.02 Å². The maximum absolute atomic E-state index is 13.3. The predicted molar refractivity (Wildman–Crippen MR) is 116 cm³/mol. The van der Waals surface area contributed by atoms with E-state index in [0.29, 0.717) is 39.1 Å². The number of rotatable bonds is 7. The second-order valence-electron chi connectivity index (χ2n) is 6.39.